The molecule has 1 N–H and O–H groups in total. The van der Waals surface area contributed by atoms with Crippen molar-refractivity contribution in [1.82, 2.24) is 15.2 Å². The van der Waals surface area contributed by atoms with Crippen molar-refractivity contribution < 1.29 is 4.79 Å². The highest BCUT2D eigenvalue weighted by Crippen LogP contribution is 2.19. The van der Waals surface area contributed by atoms with Crippen molar-refractivity contribution in [3.05, 3.63) is 89.6 Å². The van der Waals surface area contributed by atoms with Crippen LogP contribution in [0.1, 0.15) is 34.3 Å². The highest BCUT2D eigenvalue weighted by atomic mass is 16.1. The Balaban J connectivity index is 1.66. The molecule has 0 unspecified atom stereocenters. The van der Waals surface area contributed by atoms with Gasteiger partial charge in [0.2, 0.25) is 0 Å². The lowest BCUT2D eigenvalue weighted by Gasteiger charge is -2.13. The lowest BCUT2D eigenvalue weighted by Crippen LogP contribution is -2.27. The van der Waals surface area contributed by atoms with Crippen molar-refractivity contribution in [2.75, 3.05) is 20.6 Å². The number of aromatic nitrogens is 1. The van der Waals surface area contributed by atoms with E-state index in [0.717, 1.165) is 23.4 Å². The Kier molecular flexibility index (Phi) is 6.56. The Hall–Kier alpha value is -2.98. The minimum absolute atomic E-state index is 0.0612. The number of carbonyl (C=O) groups excluding carboxylic acids is 1. The molecule has 4 nitrogen and oxygen atoms in total. The molecule has 1 atom stereocenters. The molecule has 1 heterocycles. The van der Waals surface area contributed by atoms with Gasteiger partial charge in [-0.1, -0.05) is 55.5 Å². The average Bonchev–Trinajstić information content (AvgIpc) is 2.72. The number of hydrogen-bond acceptors (Lipinski definition) is 3. The van der Waals surface area contributed by atoms with E-state index < -0.39 is 0 Å². The summed E-state index contributed by atoms with van der Waals surface area (Å²) in [5.41, 5.74) is 4.85. The van der Waals surface area contributed by atoms with Crippen LogP contribution in [0, 0.1) is 0 Å². The first-order valence-corrected chi connectivity index (χ1v) is 9.56. The van der Waals surface area contributed by atoms with Crippen molar-refractivity contribution in [1.29, 1.82) is 0 Å². The minimum atomic E-state index is -0.0612. The second-order valence-corrected chi connectivity index (χ2v) is 7.39. The van der Waals surface area contributed by atoms with Crippen LogP contribution in [0.2, 0.25) is 0 Å². The Morgan fingerprint density at radius 2 is 1.82 bits per heavy atom. The van der Waals surface area contributed by atoms with Gasteiger partial charge in [-0.25, -0.2) is 0 Å². The van der Waals surface area contributed by atoms with E-state index in [0.29, 0.717) is 12.1 Å². The molecule has 3 rings (SSSR count). The second kappa shape index (κ2) is 9.29. The van der Waals surface area contributed by atoms with E-state index in [-0.39, 0.29) is 11.8 Å². The SMILES string of the molecule is C[C@H](CNC(=O)c1cccc(-c2ccc(CN(C)C)cn2)c1)c1ccccc1. The number of carbonyl (C=O) groups is 1. The molecule has 0 fully saturated rings. The number of amides is 1. The van der Waals surface area contributed by atoms with E-state index >= 15 is 0 Å². The first-order chi connectivity index (χ1) is 13.5. The zero-order valence-electron chi connectivity index (χ0n) is 16.7. The largest absolute Gasteiger partial charge is 0.351 e. The number of pyridine rings is 1. The number of rotatable bonds is 7. The molecule has 0 spiro atoms. The van der Waals surface area contributed by atoms with Crippen LogP contribution in [0.5, 0.6) is 0 Å². The van der Waals surface area contributed by atoms with Gasteiger partial charge in [0.1, 0.15) is 0 Å². The summed E-state index contributed by atoms with van der Waals surface area (Å²) >= 11 is 0. The standard InChI is InChI=1S/C24H27N3O/c1-18(20-8-5-4-6-9-20)15-26-24(28)22-11-7-10-21(14-22)23-13-12-19(16-25-23)17-27(2)3/h4-14,16,18H,15,17H2,1-3H3,(H,26,28)/t18-/m1/s1. The molecule has 3 aromatic rings. The number of nitrogens with zero attached hydrogens (tertiary/aromatic N) is 2. The lowest BCUT2D eigenvalue weighted by atomic mass is 10.0. The Morgan fingerprint density at radius 1 is 1.04 bits per heavy atom. The zero-order chi connectivity index (χ0) is 19.9. The molecule has 0 radical (unpaired) electrons. The highest BCUT2D eigenvalue weighted by Gasteiger charge is 2.11. The third kappa shape index (κ3) is 5.27. The second-order valence-electron chi connectivity index (χ2n) is 7.39. The highest BCUT2D eigenvalue weighted by molar-refractivity contribution is 5.95. The van der Waals surface area contributed by atoms with E-state index in [9.17, 15) is 4.79 Å². The maximum atomic E-state index is 12.6. The molecule has 144 valence electrons. The molecule has 1 amide bonds. The van der Waals surface area contributed by atoms with Gasteiger partial charge in [0.15, 0.2) is 0 Å². The van der Waals surface area contributed by atoms with E-state index in [4.69, 9.17) is 0 Å². The summed E-state index contributed by atoms with van der Waals surface area (Å²) in [6.07, 6.45) is 1.89. The molecule has 0 saturated carbocycles. The van der Waals surface area contributed by atoms with Crippen LogP contribution < -0.4 is 5.32 Å². The average molecular weight is 374 g/mol. The van der Waals surface area contributed by atoms with Crippen LogP contribution in [0.25, 0.3) is 11.3 Å². The van der Waals surface area contributed by atoms with Crippen molar-refractivity contribution in [3.8, 4) is 11.3 Å². The van der Waals surface area contributed by atoms with Crippen LogP contribution in [-0.2, 0) is 6.54 Å². The monoisotopic (exact) mass is 373 g/mol. The first kappa shape index (κ1) is 19.8. The molecule has 1 aromatic heterocycles. The van der Waals surface area contributed by atoms with Crippen LogP contribution in [0.4, 0.5) is 0 Å². The Labute approximate surface area is 167 Å². The quantitative estimate of drug-likeness (QED) is 0.670. The van der Waals surface area contributed by atoms with Gasteiger partial charge >= 0.3 is 0 Å². The van der Waals surface area contributed by atoms with Crippen LogP contribution in [-0.4, -0.2) is 36.4 Å². The fraction of sp³-hybridized carbons (Fsp3) is 0.250. The summed E-state index contributed by atoms with van der Waals surface area (Å²) in [6, 6.07) is 21.9. The summed E-state index contributed by atoms with van der Waals surface area (Å²) in [4.78, 5) is 19.3. The molecular weight excluding hydrogens is 346 g/mol. The number of benzene rings is 2. The van der Waals surface area contributed by atoms with Gasteiger partial charge < -0.3 is 10.2 Å². The summed E-state index contributed by atoms with van der Waals surface area (Å²) in [6.45, 7) is 3.57. The maximum absolute atomic E-state index is 12.6. The van der Waals surface area contributed by atoms with Crippen molar-refractivity contribution in [2.45, 2.75) is 19.4 Å². The predicted molar refractivity (Wildman–Crippen MR) is 114 cm³/mol. The van der Waals surface area contributed by atoms with Gasteiger partial charge in [0.25, 0.3) is 5.91 Å². The summed E-state index contributed by atoms with van der Waals surface area (Å²) in [5, 5.41) is 3.04. The van der Waals surface area contributed by atoms with Crippen LogP contribution in [0.15, 0.2) is 72.9 Å². The fourth-order valence-corrected chi connectivity index (χ4v) is 3.12. The molecule has 0 saturated heterocycles. The lowest BCUT2D eigenvalue weighted by molar-refractivity contribution is 0.0951. The van der Waals surface area contributed by atoms with Crippen LogP contribution in [0.3, 0.4) is 0 Å². The van der Waals surface area contributed by atoms with Gasteiger partial charge in [-0.15, -0.1) is 0 Å². The Morgan fingerprint density at radius 3 is 2.50 bits per heavy atom. The minimum Gasteiger partial charge on any atom is -0.351 e. The van der Waals surface area contributed by atoms with Gasteiger partial charge in [-0.05, 0) is 49.3 Å². The van der Waals surface area contributed by atoms with E-state index in [1.54, 1.807) is 0 Å². The van der Waals surface area contributed by atoms with Crippen molar-refractivity contribution in [3.63, 3.8) is 0 Å². The van der Waals surface area contributed by atoms with E-state index in [1.165, 1.54) is 5.56 Å². The smallest absolute Gasteiger partial charge is 0.251 e. The normalized spacial score (nSPS) is 12.0. The van der Waals surface area contributed by atoms with Gasteiger partial charge in [0.05, 0.1) is 5.69 Å². The molecule has 28 heavy (non-hydrogen) atoms. The fourth-order valence-electron chi connectivity index (χ4n) is 3.12. The third-order valence-electron chi connectivity index (χ3n) is 4.68. The summed E-state index contributed by atoms with van der Waals surface area (Å²) < 4.78 is 0. The number of hydrogen-bond donors (Lipinski definition) is 1. The van der Waals surface area contributed by atoms with E-state index in [1.807, 2.05) is 68.8 Å². The molecule has 0 aliphatic carbocycles. The van der Waals surface area contributed by atoms with Gasteiger partial charge in [-0.2, -0.15) is 0 Å². The molecule has 0 bridgehead atoms. The predicted octanol–water partition coefficient (Wildman–Crippen LogP) is 4.34. The first-order valence-electron chi connectivity index (χ1n) is 9.56. The number of nitrogens with one attached hydrogen (secondary N) is 1. The summed E-state index contributed by atoms with van der Waals surface area (Å²) in [7, 11) is 4.07. The third-order valence-corrected chi connectivity index (χ3v) is 4.68. The zero-order valence-corrected chi connectivity index (χ0v) is 16.7. The van der Waals surface area contributed by atoms with Gasteiger partial charge in [0, 0.05) is 30.4 Å². The van der Waals surface area contributed by atoms with Crippen molar-refractivity contribution >= 4 is 5.91 Å². The molecule has 4 heteroatoms. The maximum Gasteiger partial charge on any atom is 0.251 e. The van der Waals surface area contributed by atoms with Gasteiger partial charge in [-0.3, -0.25) is 9.78 Å². The summed E-state index contributed by atoms with van der Waals surface area (Å²) in [5.74, 6) is 0.202. The molecule has 0 aliphatic rings. The van der Waals surface area contributed by atoms with Crippen LogP contribution >= 0.6 is 0 Å². The molecule has 0 aliphatic heterocycles. The Bertz CT molecular complexity index is 905. The van der Waals surface area contributed by atoms with E-state index in [2.05, 4.69) is 40.3 Å². The topological polar surface area (TPSA) is 45.2 Å². The van der Waals surface area contributed by atoms with Crippen molar-refractivity contribution in [2.24, 2.45) is 0 Å². The molecule has 2 aromatic carbocycles. The molecular formula is C24H27N3O.